The first-order chi connectivity index (χ1) is 9.95. The van der Waals surface area contributed by atoms with Crippen molar-refractivity contribution < 1.29 is 0 Å². The van der Waals surface area contributed by atoms with E-state index in [9.17, 15) is 0 Å². The topological polar surface area (TPSA) is 0 Å². The van der Waals surface area contributed by atoms with E-state index in [2.05, 4.69) is 60.7 Å². The van der Waals surface area contributed by atoms with E-state index in [0.717, 1.165) is 5.92 Å². The molecule has 2 atom stereocenters. The summed E-state index contributed by atoms with van der Waals surface area (Å²) in [4.78, 5) is 0. The molecule has 0 bridgehead atoms. The van der Waals surface area contributed by atoms with E-state index in [1.165, 1.54) is 36.8 Å². The third kappa shape index (κ3) is 1.83. The van der Waals surface area contributed by atoms with Crippen LogP contribution in [0.25, 0.3) is 5.57 Å². The van der Waals surface area contributed by atoms with Crippen molar-refractivity contribution in [2.45, 2.75) is 31.6 Å². The summed E-state index contributed by atoms with van der Waals surface area (Å²) in [5.41, 5.74) is 6.31. The van der Waals surface area contributed by atoms with Crippen molar-refractivity contribution >= 4 is 5.57 Å². The molecule has 0 heterocycles. The van der Waals surface area contributed by atoms with Crippen LogP contribution in [-0.2, 0) is 0 Å². The highest BCUT2D eigenvalue weighted by Crippen LogP contribution is 2.57. The van der Waals surface area contributed by atoms with E-state index in [0.29, 0.717) is 5.92 Å². The normalized spacial score (nSPS) is 25.0. The lowest BCUT2D eigenvalue weighted by atomic mass is 9.58. The molecular formula is C20H20. The lowest BCUT2D eigenvalue weighted by Crippen LogP contribution is -2.30. The third-order valence-corrected chi connectivity index (χ3v) is 4.96. The quantitative estimate of drug-likeness (QED) is 0.675. The zero-order valence-electron chi connectivity index (χ0n) is 11.8. The van der Waals surface area contributed by atoms with Crippen LogP contribution in [0.2, 0.25) is 0 Å². The Hall–Kier alpha value is -1.82. The second-order valence-corrected chi connectivity index (χ2v) is 6.05. The Kier molecular flexibility index (Phi) is 2.95. The fraction of sp³-hybridized carbons (Fsp3) is 0.300. The van der Waals surface area contributed by atoms with Gasteiger partial charge < -0.3 is 0 Å². The maximum Gasteiger partial charge on any atom is 0.0161 e. The minimum absolute atomic E-state index is 0.633. The number of hydrogen-bond donors (Lipinski definition) is 0. The van der Waals surface area contributed by atoms with Gasteiger partial charge >= 0.3 is 0 Å². The molecule has 2 aromatic carbocycles. The summed E-state index contributed by atoms with van der Waals surface area (Å²) in [7, 11) is 0. The summed E-state index contributed by atoms with van der Waals surface area (Å²) < 4.78 is 0. The molecule has 2 aromatic rings. The molecule has 0 aliphatic heterocycles. The zero-order chi connectivity index (χ0) is 13.4. The van der Waals surface area contributed by atoms with Crippen LogP contribution in [0.3, 0.4) is 0 Å². The molecule has 0 amide bonds. The molecule has 0 nitrogen and oxygen atoms in total. The van der Waals surface area contributed by atoms with Gasteiger partial charge in [0.15, 0.2) is 0 Å². The van der Waals surface area contributed by atoms with Crippen molar-refractivity contribution in [1.82, 2.24) is 0 Å². The van der Waals surface area contributed by atoms with Crippen molar-refractivity contribution in [1.29, 1.82) is 0 Å². The third-order valence-electron chi connectivity index (χ3n) is 4.96. The molecule has 100 valence electrons. The van der Waals surface area contributed by atoms with E-state index in [-0.39, 0.29) is 0 Å². The van der Waals surface area contributed by atoms with Crippen LogP contribution in [0.1, 0.15) is 42.7 Å². The summed E-state index contributed by atoms with van der Waals surface area (Å²) in [5.74, 6) is 1.44. The second-order valence-electron chi connectivity index (χ2n) is 6.05. The Morgan fingerprint density at radius 3 is 2.20 bits per heavy atom. The number of benzene rings is 2. The Balaban J connectivity index is 1.80. The van der Waals surface area contributed by atoms with E-state index in [4.69, 9.17) is 0 Å². The smallest absolute Gasteiger partial charge is 0.0161 e. The van der Waals surface area contributed by atoms with E-state index < -0.39 is 0 Å². The van der Waals surface area contributed by atoms with Crippen LogP contribution < -0.4 is 0 Å². The molecule has 1 fully saturated rings. The van der Waals surface area contributed by atoms with Gasteiger partial charge in [-0.05, 0) is 41.9 Å². The fourth-order valence-electron chi connectivity index (χ4n) is 4.09. The summed E-state index contributed by atoms with van der Waals surface area (Å²) in [6, 6.07) is 22.1. The molecule has 20 heavy (non-hydrogen) atoms. The van der Waals surface area contributed by atoms with Gasteiger partial charge in [-0.2, -0.15) is 0 Å². The molecule has 0 aromatic heterocycles. The van der Waals surface area contributed by atoms with E-state index in [1.54, 1.807) is 11.1 Å². The molecule has 0 radical (unpaired) electrons. The highest BCUT2D eigenvalue weighted by Gasteiger charge is 2.42. The van der Waals surface area contributed by atoms with Gasteiger partial charge in [-0.3, -0.25) is 0 Å². The molecular weight excluding hydrogens is 240 g/mol. The first-order valence-electron chi connectivity index (χ1n) is 7.78. The van der Waals surface area contributed by atoms with Crippen molar-refractivity contribution in [3.63, 3.8) is 0 Å². The van der Waals surface area contributed by atoms with Crippen LogP contribution >= 0.6 is 0 Å². The molecule has 4 rings (SSSR count). The molecule has 2 aliphatic rings. The summed E-state index contributed by atoms with van der Waals surface area (Å²) >= 11 is 0. The van der Waals surface area contributed by atoms with Gasteiger partial charge in [0.2, 0.25) is 0 Å². The number of rotatable bonds is 2. The van der Waals surface area contributed by atoms with Crippen molar-refractivity contribution in [3.05, 3.63) is 77.4 Å². The average Bonchev–Trinajstić information content (AvgIpc) is 2.51. The average molecular weight is 260 g/mol. The highest BCUT2D eigenvalue weighted by molar-refractivity contribution is 5.81. The molecule has 0 heteroatoms. The van der Waals surface area contributed by atoms with Crippen molar-refractivity contribution in [2.24, 2.45) is 5.92 Å². The standard InChI is InChI=1S/C20H20/c1-3-9-15(10-4-1)19-17-13-7-8-14-18(17)20(19)16-11-5-2-6-12-16/h1-6,9-12,17,19H,7-8,13-14H2/t17-,19+/m0/s1. The van der Waals surface area contributed by atoms with Crippen LogP contribution in [0.4, 0.5) is 0 Å². The summed E-state index contributed by atoms with van der Waals surface area (Å²) in [5, 5.41) is 0. The van der Waals surface area contributed by atoms with Gasteiger partial charge in [0.25, 0.3) is 0 Å². The predicted molar refractivity (Wildman–Crippen MR) is 84.5 cm³/mol. The van der Waals surface area contributed by atoms with Gasteiger partial charge in [-0.15, -0.1) is 0 Å². The Morgan fingerprint density at radius 1 is 0.750 bits per heavy atom. The van der Waals surface area contributed by atoms with Crippen LogP contribution in [-0.4, -0.2) is 0 Å². The van der Waals surface area contributed by atoms with Crippen molar-refractivity contribution in [3.8, 4) is 0 Å². The van der Waals surface area contributed by atoms with Crippen molar-refractivity contribution in [2.75, 3.05) is 0 Å². The minimum Gasteiger partial charge on any atom is -0.0622 e. The molecule has 0 unspecified atom stereocenters. The minimum atomic E-state index is 0.633. The number of fused-ring (bicyclic) bond motifs is 1. The molecule has 0 saturated heterocycles. The van der Waals surface area contributed by atoms with Gasteiger partial charge in [0.1, 0.15) is 0 Å². The Labute approximate surface area is 121 Å². The largest absolute Gasteiger partial charge is 0.0622 e. The SMILES string of the molecule is c1ccc(C2=C3CCCC[C@@H]3[C@H]2c2ccccc2)cc1. The lowest BCUT2D eigenvalue weighted by molar-refractivity contribution is 0.389. The molecule has 0 N–H and O–H groups in total. The van der Waals surface area contributed by atoms with Crippen LogP contribution in [0.5, 0.6) is 0 Å². The Morgan fingerprint density at radius 2 is 1.45 bits per heavy atom. The fourth-order valence-corrected chi connectivity index (χ4v) is 4.09. The Bertz CT molecular complexity index is 622. The van der Waals surface area contributed by atoms with Crippen LogP contribution in [0, 0.1) is 5.92 Å². The monoisotopic (exact) mass is 260 g/mol. The molecule has 0 spiro atoms. The molecule has 2 aliphatic carbocycles. The second kappa shape index (κ2) is 4.94. The van der Waals surface area contributed by atoms with Gasteiger partial charge in [0.05, 0.1) is 0 Å². The van der Waals surface area contributed by atoms with E-state index >= 15 is 0 Å². The van der Waals surface area contributed by atoms with Crippen LogP contribution in [0.15, 0.2) is 66.2 Å². The highest BCUT2D eigenvalue weighted by atomic mass is 14.5. The summed E-state index contributed by atoms with van der Waals surface area (Å²) in [6.45, 7) is 0. The number of hydrogen-bond acceptors (Lipinski definition) is 0. The lowest BCUT2D eigenvalue weighted by Gasteiger charge is -2.46. The first kappa shape index (κ1) is 12.0. The maximum absolute atomic E-state index is 2.30. The van der Waals surface area contributed by atoms with Gasteiger partial charge in [-0.1, -0.05) is 72.7 Å². The molecule has 1 saturated carbocycles. The predicted octanol–water partition coefficient (Wildman–Crippen LogP) is 5.43. The van der Waals surface area contributed by atoms with Gasteiger partial charge in [0, 0.05) is 5.92 Å². The number of allylic oxidation sites excluding steroid dienone is 2. The van der Waals surface area contributed by atoms with E-state index in [1.807, 2.05) is 0 Å². The maximum atomic E-state index is 2.30. The first-order valence-corrected chi connectivity index (χ1v) is 7.78. The summed E-state index contributed by atoms with van der Waals surface area (Å²) in [6.07, 6.45) is 5.48. The van der Waals surface area contributed by atoms with Gasteiger partial charge in [-0.25, -0.2) is 0 Å². The zero-order valence-corrected chi connectivity index (χ0v) is 11.8.